The van der Waals surface area contributed by atoms with Gasteiger partial charge in [-0.15, -0.1) is 0 Å². The highest BCUT2D eigenvalue weighted by molar-refractivity contribution is 5.91. The highest BCUT2D eigenvalue weighted by Crippen LogP contribution is 2.30. The summed E-state index contributed by atoms with van der Waals surface area (Å²) in [5, 5.41) is 2.68. The Hall–Kier alpha value is -3.95. The summed E-state index contributed by atoms with van der Waals surface area (Å²) in [6.45, 7) is -0.338. The Kier molecular flexibility index (Phi) is 6.81. The average molecular weight is 431 g/mol. The van der Waals surface area contributed by atoms with Gasteiger partial charge in [-0.2, -0.15) is 0 Å². The first-order valence-electron chi connectivity index (χ1n) is 9.15. The van der Waals surface area contributed by atoms with Gasteiger partial charge in [0.1, 0.15) is 11.6 Å². The lowest BCUT2D eigenvalue weighted by atomic mass is 10.2. The molecule has 3 rings (SSSR count). The molecule has 0 aliphatic rings. The van der Waals surface area contributed by atoms with E-state index in [1.807, 2.05) is 0 Å². The number of nitrogens with zero attached hydrogens (tertiary/aromatic N) is 1. The first-order chi connectivity index (χ1) is 14.9. The van der Waals surface area contributed by atoms with Gasteiger partial charge in [-0.1, -0.05) is 0 Å². The molecule has 3 N–H and O–H groups in total. The molecule has 0 saturated carbocycles. The van der Waals surface area contributed by atoms with Gasteiger partial charge in [0.15, 0.2) is 29.8 Å². The number of hydrogen-bond acceptors (Lipinski definition) is 6. The molecule has 0 aliphatic heterocycles. The van der Waals surface area contributed by atoms with Crippen molar-refractivity contribution < 1.29 is 32.3 Å². The third kappa shape index (κ3) is 5.78. The third-order valence-electron chi connectivity index (χ3n) is 4.13. The normalized spacial score (nSPS) is 10.5. The molecule has 31 heavy (non-hydrogen) atoms. The van der Waals surface area contributed by atoms with Crippen LogP contribution in [-0.2, 0) is 16.0 Å². The summed E-state index contributed by atoms with van der Waals surface area (Å²) >= 11 is 0. The fourth-order valence-corrected chi connectivity index (χ4v) is 2.70. The Morgan fingerprint density at radius 1 is 1.16 bits per heavy atom. The summed E-state index contributed by atoms with van der Waals surface area (Å²) in [5.41, 5.74) is 5.57. The largest absolute Gasteiger partial charge is 0.493 e. The number of aromatic nitrogens is 1. The summed E-state index contributed by atoms with van der Waals surface area (Å²) in [4.78, 5) is 27.2. The van der Waals surface area contributed by atoms with Crippen molar-refractivity contribution in [3.05, 3.63) is 60.1 Å². The van der Waals surface area contributed by atoms with Crippen molar-refractivity contribution in [2.75, 3.05) is 19.0 Å². The number of benzene rings is 2. The average Bonchev–Trinajstić information content (AvgIpc) is 3.19. The standard InChI is InChI=1S/C21H19F2N3O5/c1-29-16-5-3-13(9-17(16)30-11-19(24)27)26-20(28)6-7-21-25-10-18(31-21)14-4-2-12(22)8-15(14)23/h2-5,8-10H,6-7,11H2,1H3,(H2,24,27)(H,26,28). The van der Waals surface area contributed by atoms with Crippen LogP contribution < -0.4 is 20.5 Å². The van der Waals surface area contributed by atoms with Crippen LogP contribution in [0.4, 0.5) is 14.5 Å². The topological polar surface area (TPSA) is 117 Å². The monoisotopic (exact) mass is 431 g/mol. The number of carbonyl (C=O) groups is 2. The summed E-state index contributed by atoms with van der Waals surface area (Å²) in [7, 11) is 1.44. The molecule has 0 radical (unpaired) electrons. The number of amides is 2. The maximum absolute atomic E-state index is 13.9. The quantitative estimate of drug-likeness (QED) is 0.538. The van der Waals surface area contributed by atoms with Crippen molar-refractivity contribution in [2.24, 2.45) is 5.73 Å². The van der Waals surface area contributed by atoms with Crippen LogP contribution in [0, 0.1) is 11.6 Å². The molecular weight excluding hydrogens is 412 g/mol. The van der Waals surface area contributed by atoms with Crippen molar-refractivity contribution in [2.45, 2.75) is 12.8 Å². The summed E-state index contributed by atoms with van der Waals surface area (Å²) in [5.74, 6) is -1.46. The van der Waals surface area contributed by atoms with E-state index in [4.69, 9.17) is 19.6 Å². The first kappa shape index (κ1) is 21.8. The second-order valence-corrected chi connectivity index (χ2v) is 6.41. The number of halogens is 2. The predicted molar refractivity (Wildman–Crippen MR) is 106 cm³/mol. The van der Waals surface area contributed by atoms with Gasteiger partial charge in [0.05, 0.1) is 18.9 Å². The molecule has 2 aromatic carbocycles. The molecule has 0 saturated heterocycles. The molecule has 0 aliphatic carbocycles. The molecule has 0 spiro atoms. The molecule has 0 atom stereocenters. The molecule has 0 fully saturated rings. The number of primary amides is 1. The number of carbonyl (C=O) groups excluding carboxylic acids is 2. The Bertz CT molecular complexity index is 1100. The first-order valence-corrected chi connectivity index (χ1v) is 9.15. The molecular formula is C21H19F2N3O5. The number of rotatable bonds is 9. The fourth-order valence-electron chi connectivity index (χ4n) is 2.70. The number of anilines is 1. The lowest BCUT2D eigenvalue weighted by molar-refractivity contribution is -0.120. The maximum Gasteiger partial charge on any atom is 0.255 e. The Morgan fingerprint density at radius 2 is 1.97 bits per heavy atom. The Balaban J connectivity index is 1.60. The van der Waals surface area contributed by atoms with E-state index in [1.165, 1.54) is 25.4 Å². The number of oxazole rings is 1. The van der Waals surface area contributed by atoms with E-state index in [0.29, 0.717) is 11.4 Å². The van der Waals surface area contributed by atoms with Gasteiger partial charge in [-0.25, -0.2) is 13.8 Å². The second kappa shape index (κ2) is 9.70. The van der Waals surface area contributed by atoms with Gasteiger partial charge in [-0.3, -0.25) is 9.59 Å². The molecule has 10 heteroatoms. The zero-order valence-electron chi connectivity index (χ0n) is 16.5. The van der Waals surface area contributed by atoms with Crippen LogP contribution in [-0.4, -0.2) is 30.5 Å². The van der Waals surface area contributed by atoms with Gasteiger partial charge < -0.3 is 24.9 Å². The van der Waals surface area contributed by atoms with Crippen LogP contribution in [0.1, 0.15) is 12.3 Å². The smallest absolute Gasteiger partial charge is 0.255 e. The highest BCUT2D eigenvalue weighted by Gasteiger charge is 2.14. The number of nitrogens with two attached hydrogens (primary N) is 1. The van der Waals surface area contributed by atoms with E-state index in [2.05, 4.69) is 10.3 Å². The van der Waals surface area contributed by atoms with Crippen LogP contribution in [0.5, 0.6) is 11.5 Å². The zero-order valence-corrected chi connectivity index (χ0v) is 16.5. The van der Waals surface area contributed by atoms with Crippen LogP contribution in [0.15, 0.2) is 47.0 Å². The number of hydrogen-bond donors (Lipinski definition) is 2. The second-order valence-electron chi connectivity index (χ2n) is 6.41. The SMILES string of the molecule is COc1ccc(NC(=O)CCc2ncc(-c3ccc(F)cc3F)o2)cc1OCC(N)=O. The molecule has 0 bridgehead atoms. The van der Waals surface area contributed by atoms with Gasteiger partial charge in [0.25, 0.3) is 5.91 Å². The fraction of sp³-hybridized carbons (Fsp3) is 0.190. The molecule has 1 aromatic heterocycles. The number of aryl methyl sites for hydroxylation is 1. The Labute approximate surface area is 176 Å². The van der Waals surface area contributed by atoms with Gasteiger partial charge in [0, 0.05) is 30.7 Å². The van der Waals surface area contributed by atoms with E-state index < -0.39 is 17.5 Å². The predicted octanol–water partition coefficient (Wildman–Crippen LogP) is 3.06. The molecule has 8 nitrogen and oxygen atoms in total. The lowest BCUT2D eigenvalue weighted by Gasteiger charge is -2.12. The zero-order chi connectivity index (χ0) is 22.4. The molecule has 0 unspecified atom stereocenters. The van der Waals surface area contributed by atoms with Crippen LogP contribution in [0.3, 0.4) is 0 Å². The van der Waals surface area contributed by atoms with Crippen molar-refractivity contribution in [3.8, 4) is 22.8 Å². The molecule has 162 valence electrons. The number of methoxy groups -OCH3 is 1. The summed E-state index contributed by atoms with van der Waals surface area (Å²) in [6, 6.07) is 7.80. The van der Waals surface area contributed by atoms with Gasteiger partial charge in [0.2, 0.25) is 5.91 Å². The van der Waals surface area contributed by atoms with Crippen molar-refractivity contribution in [3.63, 3.8) is 0 Å². The summed E-state index contributed by atoms with van der Waals surface area (Å²) < 4.78 is 42.8. The van der Waals surface area contributed by atoms with Crippen LogP contribution in [0.25, 0.3) is 11.3 Å². The molecule has 3 aromatic rings. The van der Waals surface area contributed by atoms with Gasteiger partial charge in [-0.05, 0) is 24.3 Å². The van der Waals surface area contributed by atoms with E-state index in [0.717, 1.165) is 12.1 Å². The van der Waals surface area contributed by atoms with Gasteiger partial charge >= 0.3 is 0 Å². The minimum atomic E-state index is -0.769. The summed E-state index contributed by atoms with van der Waals surface area (Å²) in [6.07, 6.45) is 1.51. The van der Waals surface area contributed by atoms with E-state index in [9.17, 15) is 18.4 Å². The number of ether oxygens (including phenoxy) is 2. The number of nitrogens with one attached hydrogen (secondary N) is 1. The van der Waals surface area contributed by atoms with E-state index >= 15 is 0 Å². The molecule has 2 amide bonds. The Morgan fingerprint density at radius 3 is 2.68 bits per heavy atom. The van der Waals surface area contributed by atoms with Crippen LogP contribution in [0.2, 0.25) is 0 Å². The van der Waals surface area contributed by atoms with E-state index in [-0.39, 0.29) is 48.3 Å². The maximum atomic E-state index is 13.9. The van der Waals surface area contributed by atoms with E-state index in [1.54, 1.807) is 12.1 Å². The van der Waals surface area contributed by atoms with Crippen LogP contribution >= 0.6 is 0 Å². The van der Waals surface area contributed by atoms with Crippen molar-refractivity contribution in [1.82, 2.24) is 4.98 Å². The minimum Gasteiger partial charge on any atom is -0.493 e. The third-order valence-corrected chi connectivity index (χ3v) is 4.13. The van der Waals surface area contributed by atoms with Crippen molar-refractivity contribution in [1.29, 1.82) is 0 Å². The molecule has 1 heterocycles. The highest BCUT2D eigenvalue weighted by atomic mass is 19.1. The lowest BCUT2D eigenvalue weighted by Crippen LogP contribution is -2.20. The minimum absolute atomic E-state index is 0.0371. The van der Waals surface area contributed by atoms with Crippen molar-refractivity contribution >= 4 is 17.5 Å².